The molecule has 0 unspecified atom stereocenters. The van der Waals surface area contributed by atoms with E-state index in [0.717, 1.165) is 42.7 Å². The Morgan fingerprint density at radius 1 is 0.827 bits per heavy atom. The van der Waals surface area contributed by atoms with Crippen molar-refractivity contribution in [3.05, 3.63) is 153 Å². The average molecular weight is 763 g/mol. The lowest BCUT2D eigenvalue weighted by molar-refractivity contribution is -0.127. The largest absolute Gasteiger partial charge is 0.493 e. The lowest BCUT2D eigenvalue weighted by Gasteiger charge is -2.34. The van der Waals surface area contributed by atoms with Crippen LogP contribution in [0.4, 0.5) is 4.39 Å². The summed E-state index contributed by atoms with van der Waals surface area (Å²) in [6.07, 6.45) is 5.76. The molecule has 0 saturated carbocycles. The molecule has 6 rings (SSSR count). The number of rotatable bonds is 13. The highest BCUT2D eigenvalue weighted by Gasteiger charge is 2.20. The fourth-order valence-electron chi connectivity index (χ4n) is 5.63. The number of nitrogens with zero attached hydrogens (tertiary/aromatic N) is 3. The summed E-state index contributed by atoms with van der Waals surface area (Å²) in [5.74, 6) is 1.86. The number of hydrogen-bond donors (Lipinski definition) is 0. The normalized spacial score (nSPS) is 13.1. The van der Waals surface area contributed by atoms with E-state index in [1.54, 1.807) is 48.7 Å². The molecule has 270 valence electrons. The van der Waals surface area contributed by atoms with E-state index in [1.807, 2.05) is 42.2 Å². The van der Waals surface area contributed by atoms with Gasteiger partial charge in [-0.15, -0.1) is 12.4 Å². The predicted molar refractivity (Wildman–Crippen MR) is 206 cm³/mol. The van der Waals surface area contributed by atoms with E-state index in [1.165, 1.54) is 23.3 Å². The van der Waals surface area contributed by atoms with Gasteiger partial charge in [-0.2, -0.15) is 0 Å². The molecule has 0 spiro atoms. The van der Waals surface area contributed by atoms with Crippen LogP contribution in [0.5, 0.6) is 23.1 Å². The van der Waals surface area contributed by atoms with Crippen molar-refractivity contribution in [2.45, 2.75) is 26.5 Å². The smallest absolute Gasteiger partial charge is 0.246 e. The Labute approximate surface area is 320 Å². The van der Waals surface area contributed by atoms with Crippen LogP contribution in [0.25, 0.3) is 6.08 Å². The van der Waals surface area contributed by atoms with Crippen LogP contribution >= 0.6 is 35.6 Å². The Hall–Kier alpha value is -4.60. The molecule has 11 heteroatoms. The molecule has 1 amide bonds. The highest BCUT2D eigenvalue weighted by molar-refractivity contribution is 6.32. The lowest BCUT2D eigenvalue weighted by Crippen LogP contribution is -2.47. The standard InChI is InChI=1S/C41H38Cl2FN3O4.ClH/c1-29-24-33(25-38(43)41(29)51-39-16-15-37(26-45-39)50-28-32-6-9-34(42)10-7-32)8-17-40(48)47-21-19-46(20-22-47)27-31-4-2-30(3-5-31)18-23-49-36-13-11-35(44)12-14-36;/h2-17,24-26H,18-23,27-28H2,1H3;1H/b17-8+;. The zero-order chi connectivity index (χ0) is 35.6. The molecule has 0 atom stereocenters. The topological polar surface area (TPSA) is 64.1 Å². The molecule has 2 heterocycles. The van der Waals surface area contributed by atoms with E-state index in [2.05, 4.69) is 34.1 Å². The van der Waals surface area contributed by atoms with Crippen LogP contribution in [0.15, 0.2) is 109 Å². The number of halogens is 4. The summed E-state index contributed by atoms with van der Waals surface area (Å²) in [5, 5.41) is 1.10. The number of benzene rings is 4. The Balaban J connectivity index is 0.00000523. The van der Waals surface area contributed by atoms with Gasteiger partial charge in [-0.25, -0.2) is 9.37 Å². The van der Waals surface area contributed by atoms with Crippen LogP contribution < -0.4 is 14.2 Å². The van der Waals surface area contributed by atoms with E-state index >= 15 is 0 Å². The van der Waals surface area contributed by atoms with Gasteiger partial charge in [0.05, 0.1) is 17.8 Å². The number of pyridine rings is 1. The fourth-order valence-corrected chi connectivity index (χ4v) is 6.07. The Kier molecular flexibility index (Phi) is 13.9. The van der Waals surface area contributed by atoms with Crippen molar-refractivity contribution in [2.75, 3.05) is 32.8 Å². The summed E-state index contributed by atoms with van der Waals surface area (Å²) in [6, 6.07) is 29.3. The molecular formula is C41H39Cl3FN3O4. The first-order chi connectivity index (χ1) is 24.8. The zero-order valence-electron chi connectivity index (χ0n) is 28.6. The maximum absolute atomic E-state index is 13.1. The minimum absolute atomic E-state index is 0. The molecule has 0 bridgehead atoms. The van der Waals surface area contributed by atoms with Crippen molar-refractivity contribution in [3.8, 4) is 23.1 Å². The van der Waals surface area contributed by atoms with Crippen molar-refractivity contribution in [2.24, 2.45) is 0 Å². The van der Waals surface area contributed by atoms with Gasteiger partial charge in [0.1, 0.15) is 23.9 Å². The predicted octanol–water partition coefficient (Wildman–Crippen LogP) is 9.61. The number of ether oxygens (including phenoxy) is 3. The van der Waals surface area contributed by atoms with Gasteiger partial charge < -0.3 is 19.1 Å². The number of aromatic nitrogens is 1. The van der Waals surface area contributed by atoms with Crippen LogP contribution in [0.3, 0.4) is 0 Å². The average Bonchev–Trinajstić information content (AvgIpc) is 3.14. The van der Waals surface area contributed by atoms with E-state index in [0.29, 0.717) is 59.5 Å². The van der Waals surface area contributed by atoms with Crippen molar-refractivity contribution in [1.82, 2.24) is 14.8 Å². The second-order valence-electron chi connectivity index (χ2n) is 12.3. The second-order valence-corrected chi connectivity index (χ2v) is 13.1. The van der Waals surface area contributed by atoms with Crippen molar-refractivity contribution < 1.29 is 23.4 Å². The quantitative estimate of drug-likeness (QED) is 0.111. The maximum atomic E-state index is 13.1. The van der Waals surface area contributed by atoms with Gasteiger partial charge in [0.25, 0.3) is 0 Å². The van der Waals surface area contributed by atoms with Gasteiger partial charge in [0.2, 0.25) is 11.8 Å². The molecule has 0 radical (unpaired) electrons. The van der Waals surface area contributed by atoms with Crippen LogP contribution in [0.2, 0.25) is 10.0 Å². The minimum atomic E-state index is -0.274. The van der Waals surface area contributed by atoms with Crippen molar-refractivity contribution >= 4 is 47.6 Å². The van der Waals surface area contributed by atoms with Crippen LogP contribution in [0.1, 0.15) is 27.8 Å². The number of piperazine rings is 1. The van der Waals surface area contributed by atoms with Crippen molar-refractivity contribution in [3.63, 3.8) is 0 Å². The first-order valence-corrected chi connectivity index (χ1v) is 17.5. The maximum Gasteiger partial charge on any atom is 0.246 e. The van der Waals surface area contributed by atoms with Crippen LogP contribution in [-0.2, 0) is 24.4 Å². The lowest BCUT2D eigenvalue weighted by atomic mass is 10.1. The summed E-state index contributed by atoms with van der Waals surface area (Å²) < 4.78 is 30.6. The van der Waals surface area contributed by atoms with Crippen molar-refractivity contribution in [1.29, 1.82) is 0 Å². The van der Waals surface area contributed by atoms with E-state index in [-0.39, 0.29) is 24.1 Å². The first kappa shape index (κ1) is 38.6. The highest BCUT2D eigenvalue weighted by Crippen LogP contribution is 2.34. The third kappa shape index (κ3) is 11.2. The molecule has 0 aliphatic carbocycles. The molecule has 4 aromatic carbocycles. The summed E-state index contributed by atoms with van der Waals surface area (Å²) in [5.41, 5.74) is 5.03. The minimum Gasteiger partial charge on any atom is -0.493 e. The SMILES string of the molecule is Cc1cc(/C=C/C(=O)N2CCN(Cc3ccc(CCOc4ccc(F)cc4)cc3)CC2)cc(Cl)c1Oc1ccc(OCc2ccc(Cl)cc2)cn1.Cl. The van der Waals surface area contributed by atoms with Gasteiger partial charge in [-0.1, -0.05) is 59.6 Å². The number of amides is 1. The third-order valence-electron chi connectivity index (χ3n) is 8.49. The summed E-state index contributed by atoms with van der Waals surface area (Å²) in [7, 11) is 0. The molecule has 1 saturated heterocycles. The molecular weight excluding hydrogens is 724 g/mol. The van der Waals surface area contributed by atoms with Gasteiger partial charge in [-0.05, 0) is 95.4 Å². The third-order valence-corrected chi connectivity index (χ3v) is 9.02. The molecule has 1 fully saturated rings. The fraction of sp³-hybridized carbons (Fsp3) is 0.220. The molecule has 7 nitrogen and oxygen atoms in total. The van der Waals surface area contributed by atoms with Gasteiger partial charge in [0, 0.05) is 56.3 Å². The van der Waals surface area contributed by atoms with E-state index < -0.39 is 0 Å². The van der Waals surface area contributed by atoms with Crippen LogP contribution in [0, 0.1) is 12.7 Å². The molecule has 5 aromatic rings. The van der Waals surface area contributed by atoms with Crippen LogP contribution in [-0.4, -0.2) is 53.5 Å². The monoisotopic (exact) mass is 761 g/mol. The van der Waals surface area contributed by atoms with Gasteiger partial charge >= 0.3 is 0 Å². The van der Waals surface area contributed by atoms with Gasteiger partial charge in [-0.3, -0.25) is 9.69 Å². The first-order valence-electron chi connectivity index (χ1n) is 16.7. The number of carbonyl (C=O) groups is 1. The summed E-state index contributed by atoms with van der Waals surface area (Å²) in [4.78, 5) is 21.6. The highest BCUT2D eigenvalue weighted by atomic mass is 35.5. The van der Waals surface area contributed by atoms with Gasteiger partial charge in [0.15, 0.2) is 5.75 Å². The number of hydrogen-bond acceptors (Lipinski definition) is 6. The van der Waals surface area contributed by atoms with E-state index in [9.17, 15) is 9.18 Å². The zero-order valence-corrected chi connectivity index (χ0v) is 31.0. The molecule has 1 aliphatic rings. The van der Waals surface area contributed by atoms with E-state index in [4.69, 9.17) is 37.4 Å². The summed E-state index contributed by atoms with van der Waals surface area (Å²) >= 11 is 12.6. The Morgan fingerprint density at radius 3 is 2.17 bits per heavy atom. The Bertz CT molecular complexity index is 1910. The summed E-state index contributed by atoms with van der Waals surface area (Å²) in [6.45, 7) is 6.57. The molecule has 1 aliphatic heterocycles. The molecule has 1 aromatic heterocycles. The second kappa shape index (κ2) is 18.8. The molecule has 52 heavy (non-hydrogen) atoms. The molecule has 0 N–H and O–H groups in total. The number of aryl methyl sites for hydroxylation is 1. The Morgan fingerprint density at radius 2 is 1.50 bits per heavy atom. The number of carbonyl (C=O) groups excluding carboxylic acids is 1.